The molecule has 3 rings (SSSR count). The van der Waals surface area contributed by atoms with Crippen molar-refractivity contribution in [2.45, 2.75) is 24.4 Å². The van der Waals surface area contributed by atoms with E-state index < -0.39 is 0 Å². The van der Waals surface area contributed by atoms with Crippen molar-refractivity contribution >= 4 is 17.4 Å². The quantitative estimate of drug-likeness (QED) is 0.568. The molecule has 0 aliphatic carbocycles. The van der Waals surface area contributed by atoms with Crippen LogP contribution in [0.2, 0.25) is 0 Å². The molecule has 0 unspecified atom stereocenters. The fourth-order valence-corrected chi connectivity index (χ4v) is 3.26. The molecule has 0 fully saturated rings. The average molecular weight is 328 g/mol. The van der Waals surface area contributed by atoms with E-state index in [0.29, 0.717) is 5.69 Å². The summed E-state index contributed by atoms with van der Waals surface area (Å²) in [6, 6.07) is 14.1. The SMILES string of the molecule is CCn1c(SCc2ccc(F)cc2)nnc1-c1cccc(N)c1. The fourth-order valence-electron chi connectivity index (χ4n) is 2.30. The van der Waals surface area contributed by atoms with Crippen molar-refractivity contribution in [3.8, 4) is 11.4 Å². The topological polar surface area (TPSA) is 56.7 Å². The molecule has 118 valence electrons. The lowest BCUT2D eigenvalue weighted by atomic mass is 10.2. The Balaban J connectivity index is 1.82. The van der Waals surface area contributed by atoms with Gasteiger partial charge in [0.2, 0.25) is 0 Å². The molecule has 0 aliphatic heterocycles. The summed E-state index contributed by atoms with van der Waals surface area (Å²) in [5.74, 6) is 1.30. The van der Waals surface area contributed by atoms with E-state index >= 15 is 0 Å². The second kappa shape index (κ2) is 6.83. The van der Waals surface area contributed by atoms with E-state index in [1.165, 1.54) is 12.1 Å². The van der Waals surface area contributed by atoms with Gasteiger partial charge in [-0.2, -0.15) is 0 Å². The monoisotopic (exact) mass is 328 g/mol. The number of nitrogen functional groups attached to an aromatic ring is 1. The minimum Gasteiger partial charge on any atom is -0.399 e. The lowest BCUT2D eigenvalue weighted by Gasteiger charge is -2.08. The Kier molecular flexibility index (Phi) is 4.62. The zero-order valence-electron chi connectivity index (χ0n) is 12.7. The van der Waals surface area contributed by atoms with Crippen molar-refractivity contribution in [2.24, 2.45) is 0 Å². The van der Waals surface area contributed by atoms with Crippen molar-refractivity contribution in [1.29, 1.82) is 0 Å². The van der Waals surface area contributed by atoms with Crippen LogP contribution in [-0.2, 0) is 12.3 Å². The van der Waals surface area contributed by atoms with Gasteiger partial charge in [0.15, 0.2) is 11.0 Å². The molecule has 23 heavy (non-hydrogen) atoms. The summed E-state index contributed by atoms with van der Waals surface area (Å²) in [5, 5.41) is 9.43. The van der Waals surface area contributed by atoms with Crippen LogP contribution in [-0.4, -0.2) is 14.8 Å². The van der Waals surface area contributed by atoms with Gasteiger partial charge in [-0.25, -0.2) is 4.39 Å². The molecule has 3 aromatic rings. The summed E-state index contributed by atoms with van der Waals surface area (Å²) < 4.78 is 15.0. The van der Waals surface area contributed by atoms with E-state index in [0.717, 1.165) is 34.4 Å². The van der Waals surface area contributed by atoms with E-state index in [9.17, 15) is 4.39 Å². The van der Waals surface area contributed by atoms with E-state index in [2.05, 4.69) is 21.7 Å². The smallest absolute Gasteiger partial charge is 0.191 e. The largest absolute Gasteiger partial charge is 0.399 e. The van der Waals surface area contributed by atoms with Crippen molar-refractivity contribution < 1.29 is 4.39 Å². The number of halogens is 1. The number of hydrogen-bond donors (Lipinski definition) is 1. The fraction of sp³-hybridized carbons (Fsp3) is 0.176. The van der Waals surface area contributed by atoms with Gasteiger partial charge < -0.3 is 10.3 Å². The predicted octanol–water partition coefficient (Wildman–Crippen LogP) is 3.98. The Morgan fingerprint density at radius 1 is 1.13 bits per heavy atom. The summed E-state index contributed by atoms with van der Waals surface area (Å²) in [6.07, 6.45) is 0. The first-order valence-electron chi connectivity index (χ1n) is 7.33. The Morgan fingerprint density at radius 2 is 1.91 bits per heavy atom. The van der Waals surface area contributed by atoms with Gasteiger partial charge in [-0.1, -0.05) is 36.0 Å². The normalized spacial score (nSPS) is 10.9. The Bertz CT molecular complexity index is 799. The third-order valence-corrected chi connectivity index (χ3v) is 4.50. The molecule has 4 nitrogen and oxygen atoms in total. The van der Waals surface area contributed by atoms with E-state index in [-0.39, 0.29) is 5.82 Å². The van der Waals surface area contributed by atoms with Gasteiger partial charge in [-0.05, 0) is 36.8 Å². The molecule has 0 radical (unpaired) electrons. The highest BCUT2D eigenvalue weighted by Crippen LogP contribution is 2.27. The lowest BCUT2D eigenvalue weighted by Crippen LogP contribution is -2.00. The molecule has 0 spiro atoms. The van der Waals surface area contributed by atoms with Gasteiger partial charge in [0.1, 0.15) is 5.82 Å². The van der Waals surface area contributed by atoms with Crippen molar-refractivity contribution in [1.82, 2.24) is 14.8 Å². The number of aromatic nitrogens is 3. The maximum absolute atomic E-state index is 12.9. The number of nitrogens with two attached hydrogens (primary N) is 1. The molecular formula is C17H17FN4S. The van der Waals surface area contributed by atoms with Gasteiger partial charge in [-0.15, -0.1) is 10.2 Å². The first-order valence-corrected chi connectivity index (χ1v) is 8.32. The highest BCUT2D eigenvalue weighted by Gasteiger charge is 2.13. The van der Waals surface area contributed by atoms with Crippen LogP contribution in [0.25, 0.3) is 11.4 Å². The number of nitrogens with zero attached hydrogens (tertiary/aromatic N) is 3. The van der Waals surface area contributed by atoms with Crippen molar-refractivity contribution in [2.75, 3.05) is 5.73 Å². The number of thioether (sulfide) groups is 1. The molecule has 0 aliphatic rings. The summed E-state index contributed by atoms with van der Waals surface area (Å²) >= 11 is 1.59. The number of rotatable bonds is 5. The Labute approximate surface area is 138 Å². The van der Waals surface area contributed by atoms with Gasteiger partial charge in [0.05, 0.1) is 0 Å². The third kappa shape index (κ3) is 3.53. The van der Waals surface area contributed by atoms with Crippen LogP contribution in [0.4, 0.5) is 10.1 Å². The first-order chi connectivity index (χ1) is 11.2. The minimum atomic E-state index is -0.223. The molecule has 0 saturated carbocycles. The maximum Gasteiger partial charge on any atom is 0.191 e. The molecule has 0 amide bonds. The standard InChI is InChI=1S/C17H17FN4S/c1-2-22-16(13-4-3-5-15(19)10-13)20-21-17(22)23-11-12-6-8-14(18)9-7-12/h3-10H,2,11,19H2,1H3. The van der Waals surface area contributed by atoms with Crippen LogP contribution in [0.1, 0.15) is 12.5 Å². The van der Waals surface area contributed by atoms with Crippen LogP contribution < -0.4 is 5.73 Å². The van der Waals surface area contributed by atoms with Crippen molar-refractivity contribution in [3.05, 3.63) is 59.9 Å². The van der Waals surface area contributed by atoms with Gasteiger partial charge in [0.25, 0.3) is 0 Å². The second-order valence-electron chi connectivity index (χ2n) is 5.09. The summed E-state index contributed by atoms with van der Waals surface area (Å²) in [4.78, 5) is 0. The predicted molar refractivity (Wildman–Crippen MR) is 91.5 cm³/mol. The van der Waals surface area contributed by atoms with Crippen molar-refractivity contribution in [3.63, 3.8) is 0 Å². The second-order valence-corrected chi connectivity index (χ2v) is 6.03. The molecule has 1 heterocycles. The average Bonchev–Trinajstić information content (AvgIpc) is 2.97. The molecule has 0 bridgehead atoms. The zero-order chi connectivity index (χ0) is 16.2. The van der Waals surface area contributed by atoms with Gasteiger partial charge in [0, 0.05) is 23.5 Å². The van der Waals surface area contributed by atoms with Gasteiger partial charge >= 0.3 is 0 Å². The molecule has 0 atom stereocenters. The lowest BCUT2D eigenvalue weighted by molar-refractivity contribution is 0.627. The van der Waals surface area contributed by atoms with Crippen LogP contribution in [0, 0.1) is 5.82 Å². The van der Waals surface area contributed by atoms with E-state index in [1.807, 2.05) is 24.3 Å². The molecule has 0 saturated heterocycles. The molecule has 1 aromatic heterocycles. The summed E-state index contributed by atoms with van der Waals surface area (Å²) in [5.41, 5.74) is 8.55. The molecule has 2 aromatic carbocycles. The third-order valence-electron chi connectivity index (χ3n) is 3.46. The van der Waals surface area contributed by atoms with Crippen LogP contribution in [0.15, 0.2) is 53.7 Å². The molecular weight excluding hydrogens is 311 g/mol. The summed E-state index contributed by atoms with van der Waals surface area (Å²) in [7, 11) is 0. The summed E-state index contributed by atoms with van der Waals surface area (Å²) in [6.45, 7) is 2.82. The first kappa shape index (κ1) is 15.6. The van der Waals surface area contributed by atoms with Crippen LogP contribution in [0.5, 0.6) is 0 Å². The Morgan fingerprint density at radius 3 is 2.61 bits per heavy atom. The molecule has 6 heteroatoms. The maximum atomic E-state index is 12.9. The zero-order valence-corrected chi connectivity index (χ0v) is 13.6. The highest BCUT2D eigenvalue weighted by molar-refractivity contribution is 7.98. The Hall–Kier alpha value is -2.34. The number of anilines is 1. The van der Waals surface area contributed by atoms with Crippen LogP contribution >= 0.6 is 11.8 Å². The number of benzene rings is 2. The van der Waals surface area contributed by atoms with E-state index in [1.54, 1.807) is 23.9 Å². The number of hydrogen-bond acceptors (Lipinski definition) is 4. The highest BCUT2D eigenvalue weighted by atomic mass is 32.2. The minimum absolute atomic E-state index is 0.223. The van der Waals surface area contributed by atoms with Gasteiger partial charge in [-0.3, -0.25) is 0 Å². The van der Waals surface area contributed by atoms with Crippen LogP contribution in [0.3, 0.4) is 0 Å². The molecule has 2 N–H and O–H groups in total. The van der Waals surface area contributed by atoms with E-state index in [4.69, 9.17) is 5.73 Å².